The van der Waals surface area contributed by atoms with E-state index in [1.54, 1.807) is 0 Å². The van der Waals surface area contributed by atoms with Gasteiger partial charge in [0.05, 0.1) is 6.26 Å². The van der Waals surface area contributed by atoms with E-state index in [1.807, 2.05) is 40.7 Å². The summed E-state index contributed by atoms with van der Waals surface area (Å²) in [6.07, 6.45) is 1.94. The van der Waals surface area contributed by atoms with Gasteiger partial charge in [-0.1, -0.05) is 24.6 Å². The first-order valence-electron chi connectivity index (χ1n) is 9.45. The van der Waals surface area contributed by atoms with E-state index in [-0.39, 0.29) is 6.04 Å². The summed E-state index contributed by atoms with van der Waals surface area (Å²) >= 11 is 0. The van der Waals surface area contributed by atoms with Crippen LogP contribution in [-0.4, -0.2) is 32.2 Å². The fourth-order valence-electron chi connectivity index (χ4n) is 3.15. The Morgan fingerprint density at radius 3 is 2.21 bits per heavy atom. The van der Waals surface area contributed by atoms with Gasteiger partial charge in [-0.3, -0.25) is 0 Å². The van der Waals surface area contributed by atoms with Gasteiger partial charge in [-0.25, -0.2) is 18.1 Å². The molecule has 0 amide bonds. The Morgan fingerprint density at radius 2 is 1.68 bits per heavy atom. The van der Waals surface area contributed by atoms with Gasteiger partial charge < -0.3 is 10.1 Å². The number of aromatic nitrogens is 1. The SMILES string of the molecule is CCC(CNS(C)(=O)=O)Nc1cc(C)nc(Oc2c(C)cc(C)cc2C)c1C. The lowest BCUT2D eigenvalue weighted by atomic mass is 10.1. The van der Waals surface area contributed by atoms with Crippen LogP contribution in [0.4, 0.5) is 5.69 Å². The molecule has 1 unspecified atom stereocenters. The number of aryl methyl sites for hydroxylation is 4. The molecule has 0 aliphatic heterocycles. The minimum absolute atomic E-state index is 0.0362. The first-order valence-corrected chi connectivity index (χ1v) is 11.3. The molecule has 28 heavy (non-hydrogen) atoms. The number of ether oxygens (including phenoxy) is 1. The van der Waals surface area contributed by atoms with Crippen LogP contribution in [0.5, 0.6) is 11.6 Å². The van der Waals surface area contributed by atoms with Crippen LogP contribution in [0.2, 0.25) is 0 Å². The van der Waals surface area contributed by atoms with Crippen molar-refractivity contribution in [3.63, 3.8) is 0 Å². The lowest BCUT2D eigenvalue weighted by Gasteiger charge is -2.22. The van der Waals surface area contributed by atoms with Gasteiger partial charge in [0.25, 0.3) is 0 Å². The van der Waals surface area contributed by atoms with E-state index in [0.717, 1.165) is 40.2 Å². The summed E-state index contributed by atoms with van der Waals surface area (Å²) in [4.78, 5) is 4.58. The van der Waals surface area contributed by atoms with Gasteiger partial charge in [-0.2, -0.15) is 0 Å². The molecule has 0 bridgehead atoms. The van der Waals surface area contributed by atoms with Crippen molar-refractivity contribution in [3.8, 4) is 11.6 Å². The molecule has 1 aromatic heterocycles. The average Bonchev–Trinajstić information content (AvgIpc) is 2.57. The van der Waals surface area contributed by atoms with Crippen LogP contribution in [0.3, 0.4) is 0 Å². The quantitative estimate of drug-likeness (QED) is 0.689. The number of nitrogens with one attached hydrogen (secondary N) is 2. The van der Waals surface area contributed by atoms with Crippen LogP contribution in [-0.2, 0) is 10.0 Å². The minimum atomic E-state index is -3.23. The second-order valence-corrected chi connectivity index (χ2v) is 9.27. The molecule has 2 rings (SSSR count). The predicted octanol–water partition coefficient (Wildman–Crippen LogP) is 4.16. The molecule has 0 radical (unpaired) electrons. The zero-order chi connectivity index (χ0) is 21.1. The number of anilines is 1. The highest BCUT2D eigenvalue weighted by molar-refractivity contribution is 7.88. The van der Waals surface area contributed by atoms with Gasteiger partial charge in [0, 0.05) is 29.5 Å². The number of sulfonamides is 1. The van der Waals surface area contributed by atoms with Gasteiger partial charge in [-0.15, -0.1) is 0 Å². The van der Waals surface area contributed by atoms with Crippen molar-refractivity contribution >= 4 is 15.7 Å². The molecular formula is C21H31N3O3S. The largest absolute Gasteiger partial charge is 0.438 e. The van der Waals surface area contributed by atoms with Gasteiger partial charge >= 0.3 is 0 Å². The normalized spacial score (nSPS) is 12.7. The van der Waals surface area contributed by atoms with Crippen LogP contribution in [0.15, 0.2) is 18.2 Å². The van der Waals surface area contributed by atoms with Crippen LogP contribution in [0, 0.1) is 34.6 Å². The van der Waals surface area contributed by atoms with Gasteiger partial charge in [-0.05, 0) is 58.2 Å². The van der Waals surface area contributed by atoms with Crippen molar-refractivity contribution in [2.45, 2.75) is 54.0 Å². The van der Waals surface area contributed by atoms with Gasteiger partial charge in [0.1, 0.15) is 5.75 Å². The monoisotopic (exact) mass is 405 g/mol. The molecule has 1 heterocycles. The van der Waals surface area contributed by atoms with Crippen LogP contribution < -0.4 is 14.8 Å². The third-order valence-electron chi connectivity index (χ3n) is 4.60. The highest BCUT2D eigenvalue weighted by atomic mass is 32.2. The topological polar surface area (TPSA) is 80.3 Å². The van der Waals surface area contributed by atoms with E-state index >= 15 is 0 Å². The maximum Gasteiger partial charge on any atom is 0.224 e. The molecule has 1 atom stereocenters. The van der Waals surface area contributed by atoms with E-state index in [1.165, 1.54) is 11.8 Å². The maximum atomic E-state index is 11.4. The van der Waals surface area contributed by atoms with Crippen molar-refractivity contribution < 1.29 is 13.2 Å². The summed E-state index contributed by atoms with van der Waals surface area (Å²) in [5.74, 6) is 1.38. The van der Waals surface area contributed by atoms with E-state index in [0.29, 0.717) is 12.4 Å². The van der Waals surface area contributed by atoms with Crippen LogP contribution in [0.1, 0.15) is 41.3 Å². The number of pyridine rings is 1. The summed E-state index contributed by atoms with van der Waals surface area (Å²) in [5.41, 5.74) is 5.95. The second-order valence-electron chi connectivity index (χ2n) is 7.44. The minimum Gasteiger partial charge on any atom is -0.438 e. The zero-order valence-electron chi connectivity index (χ0n) is 17.8. The number of benzene rings is 1. The molecule has 2 N–H and O–H groups in total. The summed E-state index contributed by atoms with van der Waals surface area (Å²) in [6.45, 7) is 12.3. The molecule has 0 aliphatic carbocycles. The molecule has 154 valence electrons. The summed E-state index contributed by atoms with van der Waals surface area (Å²) < 4.78 is 31.6. The molecule has 2 aromatic rings. The standard InChI is InChI=1S/C21H31N3O3S/c1-8-18(12-22-28(7,25)26)24-19-11-16(5)23-21(17(19)6)27-20-14(3)9-13(2)10-15(20)4/h9-11,18,22H,8,12H2,1-7H3,(H,23,24). The molecule has 1 aromatic carbocycles. The van der Waals surface area contributed by atoms with Crippen molar-refractivity contribution in [1.82, 2.24) is 9.71 Å². The van der Waals surface area contributed by atoms with Crippen molar-refractivity contribution in [1.29, 1.82) is 0 Å². The lowest BCUT2D eigenvalue weighted by Crippen LogP contribution is -2.35. The number of rotatable bonds is 8. The Kier molecular flexibility index (Phi) is 7.06. The number of nitrogens with zero attached hydrogens (tertiary/aromatic N) is 1. The molecule has 0 saturated heterocycles. The fraction of sp³-hybridized carbons (Fsp3) is 0.476. The first-order chi connectivity index (χ1) is 13.0. The van der Waals surface area contributed by atoms with Crippen molar-refractivity contribution in [2.75, 3.05) is 18.1 Å². The van der Waals surface area contributed by atoms with Crippen LogP contribution >= 0.6 is 0 Å². The highest BCUT2D eigenvalue weighted by Crippen LogP contribution is 2.33. The molecule has 0 aliphatic rings. The Balaban J connectivity index is 2.31. The molecule has 6 nitrogen and oxygen atoms in total. The number of hydrogen-bond donors (Lipinski definition) is 2. The fourth-order valence-corrected chi connectivity index (χ4v) is 3.66. The average molecular weight is 406 g/mol. The summed E-state index contributed by atoms with van der Waals surface area (Å²) in [6, 6.07) is 6.11. The Hall–Kier alpha value is -2.12. The van der Waals surface area contributed by atoms with Gasteiger partial charge in [0.2, 0.25) is 15.9 Å². The Labute approximate surface area is 168 Å². The van der Waals surface area contributed by atoms with Gasteiger partial charge in [0.15, 0.2) is 0 Å². The molecular weight excluding hydrogens is 374 g/mol. The van der Waals surface area contributed by atoms with E-state index in [2.05, 4.69) is 34.1 Å². The van der Waals surface area contributed by atoms with Crippen molar-refractivity contribution in [2.24, 2.45) is 0 Å². The highest BCUT2D eigenvalue weighted by Gasteiger charge is 2.16. The van der Waals surface area contributed by atoms with E-state index < -0.39 is 10.0 Å². The maximum absolute atomic E-state index is 11.4. The Bertz CT molecular complexity index is 933. The zero-order valence-corrected chi connectivity index (χ0v) is 18.6. The summed E-state index contributed by atoms with van der Waals surface area (Å²) in [7, 11) is -3.23. The van der Waals surface area contributed by atoms with Crippen LogP contribution in [0.25, 0.3) is 0 Å². The van der Waals surface area contributed by atoms with Crippen molar-refractivity contribution in [3.05, 3.63) is 46.1 Å². The Morgan fingerprint density at radius 1 is 1.07 bits per heavy atom. The molecule has 7 heteroatoms. The lowest BCUT2D eigenvalue weighted by molar-refractivity contribution is 0.451. The number of hydrogen-bond acceptors (Lipinski definition) is 5. The van der Waals surface area contributed by atoms with E-state index in [4.69, 9.17) is 4.74 Å². The predicted molar refractivity (Wildman–Crippen MR) is 115 cm³/mol. The first kappa shape index (κ1) is 22.2. The molecule has 0 spiro atoms. The molecule has 0 fully saturated rings. The molecule has 0 saturated carbocycles. The second kappa shape index (κ2) is 8.92. The third-order valence-corrected chi connectivity index (χ3v) is 5.29. The summed E-state index contributed by atoms with van der Waals surface area (Å²) in [5, 5.41) is 3.43. The smallest absolute Gasteiger partial charge is 0.224 e. The third kappa shape index (κ3) is 5.94. The van der Waals surface area contributed by atoms with E-state index in [9.17, 15) is 8.42 Å².